The van der Waals surface area contributed by atoms with Crippen molar-refractivity contribution < 1.29 is 14.7 Å². The van der Waals surface area contributed by atoms with Gasteiger partial charge in [0, 0.05) is 14.5 Å². The van der Waals surface area contributed by atoms with Gasteiger partial charge in [0.1, 0.15) is 0 Å². The highest BCUT2D eigenvalue weighted by atomic mass is 79.9. The number of hydrogen-bond acceptors (Lipinski definition) is 3. The molecule has 0 spiro atoms. The third-order valence-corrected chi connectivity index (χ3v) is 4.79. The summed E-state index contributed by atoms with van der Waals surface area (Å²) in [5, 5.41) is 11.9. The van der Waals surface area contributed by atoms with Crippen LogP contribution in [0, 0.1) is 5.41 Å². The van der Waals surface area contributed by atoms with Crippen LogP contribution in [0.1, 0.15) is 38.1 Å². The van der Waals surface area contributed by atoms with Crippen LogP contribution in [0.5, 0.6) is 0 Å². The SMILES string of the molecule is CC(C)(N)C(C)(C)C(=O)Nc1c(Br)cc(Br)cc1C(=O)O. The zero-order valence-electron chi connectivity index (χ0n) is 12.3. The predicted molar refractivity (Wildman–Crippen MR) is 89.5 cm³/mol. The summed E-state index contributed by atoms with van der Waals surface area (Å²) in [5.74, 6) is -1.47. The third kappa shape index (κ3) is 3.84. The molecule has 0 heterocycles. The smallest absolute Gasteiger partial charge is 0.337 e. The van der Waals surface area contributed by atoms with Gasteiger partial charge in [-0.15, -0.1) is 0 Å². The third-order valence-electron chi connectivity index (χ3n) is 3.70. The Hall–Kier alpha value is -0.920. The minimum absolute atomic E-state index is 0.00442. The van der Waals surface area contributed by atoms with Gasteiger partial charge in [0.15, 0.2) is 0 Å². The first-order chi connectivity index (χ1) is 9.37. The molecule has 0 unspecified atom stereocenters. The molecule has 0 fully saturated rings. The van der Waals surface area contributed by atoms with Gasteiger partial charge >= 0.3 is 5.97 Å². The van der Waals surface area contributed by atoms with Crippen molar-refractivity contribution in [2.45, 2.75) is 33.2 Å². The number of carboxylic acid groups (broad SMARTS) is 1. The van der Waals surface area contributed by atoms with Gasteiger partial charge in [-0.05, 0) is 55.8 Å². The number of carbonyl (C=O) groups is 2. The second kappa shape index (κ2) is 6.06. The summed E-state index contributed by atoms with van der Waals surface area (Å²) >= 11 is 6.50. The Morgan fingerprint density at radius 1 is 1.19 bits per heavy atom. The Bertz CT molecular complexity index is 593. The first-order valence-electron chi connectivity index (χ1n) is 6.20. The summed E-state index contributed by atoms with van der Waals surface area (Å²) < 4.78 is 1.08. The van der Waals surface area contributed by atoms with Gasteiger partial charge in [-0.3, -0.25) is 4.79 Å². The fourth-order valence-electron chi connectivity index (χ4n) is 1.43. The molecule has 1 rings (SSSR count). The summed E-state index contributed by atoms with van der Waals surface area (Å²) in [5.41, 5.74) is 4.60. The van der Waals surface area contributed by atoms with Gasteiger partial charge in [-0.2, -0.15) is 0 Å². The van der Waals surface area contributed by atoms with Crippen LogP contribution in [0.25, 0.3) is 0 Å². The van der Waals surface area contributed by atoms with E-state index in [2.05, 4.69) is 37.2 Å². The number of hydrogen-bond donors (Lipinski definition) is 3. The van der Waals surface area contributed by atoms with Gasteiger partial charge in [0.2, 0.25) is 5.91 Å². The van der Waals surface area contributed by atoms with Crippen molar-refractivity contribution in [1.29, 1.82) is 0 Å². The fourth-order valence-corrected chi connectivity index (χ4v) is 2.76. The Morgan fingerprint density at radius 2 is 1.71 bits per heavy atom. The van der Waals surface area contributed by atoms with Gasteiger partial charge in [0.05, 0.1) is 16.7 Å². The van der Waals surface area contributed by atoms with Crippen molar-refractivity contribution in [1.82, 2.24) is 0 Å². The molecule has 0 saturated heterocycles. The van der Waals surface area contributed by atoms with Crippen molar-refractivity contribution in [2.24, 2.45) is 11.1 Å². The number of rotatable bonds is 4. The van der Waals surface area contributed by atoms with E-state index in [-0.39, 0.29) is 17.2 Å². The van der Waals surface area contributed by atoms with Crippen LogP contribution in [0.2, 0.25) is 0 Å². The lowest BCUT2D eigenvalue weighted by Crippen LogP contribution is -2.53. The Labute approximate surface area is 140 Å². The molecular formula is C14H18Br2N2O3. The average molecular weight is 422 g/mol. The number of carboxylic acids is 1. The number of carbonyl (C=O) groups excluding carboxylic acids is 1. The molecule has 1 aromatic carbocycles. The molecule has 1 aromatic rings. The van der Waals surface area contributed by atoms with Gasteiger partial charge < -0.3 is 16.2 Å². The van der Waals surface area contributed by atoms with Crippen LogP contribution in [0.4, 0.5) is 5.69 Å². The van der Waals surface area contributed by atoms with E-state index in [1.807, 2.05) is 0 Å². The van der Waals surface area contributed by atoms with Crippen LogP contribution < -0.4 is 11.1 Å². The van der Waals surface area contributed by atoms with Gasteiger partial charge in [-0.1, -0.05) is 15.9 Å². The van der Waals surface area contributed by atoms with Crippen molar-refractivity contribution in [3.8, 4) is 0 Å². The molecule has 0 saturated carbocycles. The van der Waals surface area contributed by atoms with Crippen molar-refractivity contribution in [3.05, 3.63) is 26.6 Å². The highest BCUT2D eigenvalue weighted by molar-refractivity contribution is 9.11. The molecule has 0 radical (unpaired) electrons. The van der Waals surface area contributed by atoms with E-state index in [0.717, 1.165) is 0 Å². The van der Waals surface area contributed by atoms with Crippen LogP contribution >= 0.6 is 31.9 Å². The molecule has 0 aliphatic heterocycles. The van der Waals surface area contributed by atoms with E-state index in [1.54, 1.807) is 33.8 Å². The fraction of sp³-hybridized carbons (Fsp3) is 0.429. The summed E-state index contributed by atoms with van der Waals surface area (Å²) in [6.45, 7) is 6.94. The summed E-state index contributed by atoms with van der Waals surface area (Å²) in [7, 11) is 0. The molecule has 5 nitrogen and oxygen atoms in total. The van der Waals surface area contributed by atoms with Gasteiger partial charge in [0.25, 0.3) is 0 Å². The molecule has 1 amide bonds. The van der Waals surface area contributed by atoms with Crippen molar-refractivity contribution in [3.63, 3.8) is 0 Å². The molecule has 7 heteroatoms. The quantitative estimate of drug-likeness (QED) is 0.692. The van der Waals surface area contributed by atoms with E-state index in [9.17, 15) is 14.7 Å². The highest BCUT2D eigenvalue weighted by Gasteiger charge is 2.41. The molecule has 4 N–H and O–H groups in total. The molecule has 0 atom stereocenters. The second-order valence-electron chi connectivity index (χ2n) is 5.92. The zero-order chi connectivity index (χ0) is 16.6. The van der Waals surface area contributed by atoms with Crippen LogP contribution in [-0.2, 0) is 4.79 Å². The van der Waals surface area contributed by atoms with E-state index >= 15 is 0 Å². The maximum Gasteiger partial charge on any atom is 0.337 e. The lowest BCUT2D eigenvalue weighted by molar-refractivity contribution is -0.126. The van der Waals surface area contributed by atoms with E-state index in [0.29, 0.717) is 8.95 Å². The highest BCUT2D eigenvalue weighted by Crippen LogP contribution is 2.34. The minimum Gasteiger partial charge on any atom is -0.478 e. The number of aromatic carboxylic acids is 1. The molecule has 116 valence electrons. The number of nitrogens with one attached hydrogen (secondary N) is 1. The number of anilines is 1. The molecule has 0 aliphatic carbocycles. The lowest BCUT2D eigenvalue weighted by atomic mass is 9.74. The Morgan fingerprint density at radius 3 is 2.14 bits per heavy atom. The van der Waals surface area contributed by atoms with E-state index in [4.69, 9.17) is 5.73 Å². The standard InChI is InChI=1S/C14H18Br2N2O3/c1-13(2,14(3,4)17)12(21)18-10-8(11(19)20)5-7(15)6-9(10)16/h5-6H,17H2,1-4H3,(H,18,21)(H,19,20). The maximum atomic E-state index is 12.5. The predicted octanol–water partition coefficient (Wildman–Crippen LogP) is 3.61. The number of benzene rings is 1. The van der Waals surface area contributed by atoms with Crippen molar-refractivity contribution >= 4 is 49.4 Å². The van der Waals surface area contributed by atoms with E-state index in [1.165, 1.54) is 6.07 Å². The Kier molecular flexibility index (Phi) is 5.23. The number of amides is 1. The zero-order valence-corrected chi connectivity index (χ0v) is 15.4. The summed E-state index contributed by atoms with van der Waals surface area (Å²) in [6.07, 6.45) is 0. The normalized spacial score (nSPS) is 12.1. The van der Waals surface area contributed by atoms with Crippen LogP contribution in [0.15, 0.2) is 21.1 Å². The largest absolute Gasteiger partial charge is 0.478 e. The summed E-state index contributed by atoms with van der Waals surface area (Å²) in [4.78, 5) is 23.8. The molecular weight excluding hydrogens is 404 g/mol. The maximum absolute atomic E-state index is 12.5. The molecule has 0 aromatic heterocycles. The van der Waals surface area contributed by atoms with E-state index < -0.39 is 16.9 Å². The number of nitrogens with two attached hydrogens (primary N) is 1. The molecule has 21 heavy (non-hydrogen) atoms. The Balaban J connectivity index is 3.26. The lowest BCUT2D eigenvalue weighted by Gasteiger charge is -2.37. The van der Waals surface area contributed by atoms with Gasteiger partial charge in [-0.25, -0.2) is 4.79 Å². The topological polar surface area (TPSA) is 92.4 Å². The monoisotopic (exact) mass is 420 g/mol. The number of halogens is 2. The van der Waals surface area contributed by atoms with Crippen molar-refractivity contribution in [2.75, 3.05) is 5.32 Å². The molecule has 0 bridgehead atoms. The minimum atomic E-state index is -1.13. The summed E-state index contributed by atoms with van der Waals surface area (Å²) in [6, 6.07) is 3.10. The van der Waals surface area contributed by atoms with Crippen LogP contribution in [-0.4, -0.2) is 22.5 Å². The van der Waals surface area contributed by atoms with Crippen LogP contribution in [0.3, 0.4) is 0 Å². The first-order valence-corrected chi connectivity index (χ1v) is 7.79. The average Bonchev–Trinajstić information content (AvgIpc) is 2.30. The first kappa shape index (κ1) is 18.1. The molecule has 0 aliphatic rings. The second-order valence-corrected chi connectivity index (χ2v) is 7.69.